The Labute approximate surface area is 167 Å². The Morgan fingerprint density at radius 2 is 1.82 bits per heavy atom. The smallest absolute Gasteiger partial charge is 0.323 e. The lowest BCUT2D eigenvalue weighted by molar-refractivity contribution is -0.145. The van der Waals surface area contributed by atoms with E-state index in [2.05, 4.69) is 31.2 Å². The van der Waals surface area contributed by atoms with Gasteiger partial charge in [-0.3, -0.25) is 14.4 Å². The number of amides is 2. The number of aliphatic carboxylic acids is 1. The van der Waals surface area contributed by atoms with Gasteiger partial charge in [0.15, 0.2) is 0 Å². The summed E-state index contributed by atoms with van der Waals surface area (Å²) in [5, 5.41) is 9.03. The summed E-state index contributed by atoms with van der Waals surface area (Å²) in [7, 11) is 0. The van der Waals surface area contributed by atoms with Gasteiger partial charge in [0.25, 0.3) is 0 Å². The van der Waals surface area contributed by atoms with E-state index < -0.39 is 5.97 Å². The van der Waals surface area contributed by atoms with Gasteiger partial charge in [-0.2, -0.15) is 0 Å². The van der Waals surface area contributed by atoms with E-state index in [4.69, 9.17) is 5.11 Å². The lowest BCUT2D eigenvalue weighted by atomic mass is 10.1. The van der Waals surface area contributed by atoms with Crippen LogP contribution in [0, 0.1) is 6.92 Å². The molecule has 28 heavy (non-hydrogen) atoms. The second-order valence-corrected chi connectivity index (χ2v) is 7.70. The number of unbranched alkanes of at least 4 members (excludes halogenated alkanes) is 1. The molecule has 1 aliphatic rings. The maximum Gasteiger partial charge on any atom is 0.323 e. The van der Waals surface area contributed by atoms with E-state index in [1.807, 2.05) is 4.90 Å². The summed E-state index contributed by atoms with van der Waals surface area (Å²) in [5.41, 5.74) is 2.56. The molecular weight excluding hydrogens is 356 g/mol. The van der Waals surface area contributed by atoms with Crippen LogP contribution in [0.15, 0.2) is 24.3 Å². The zero-order valence-electron chi connectivity index (χ0n) is 17.0. The number of carboxylic acid groups (broad SMARTS) is 1. The Morgan fingerprint density at radius 1 is 1.11 bits per heavy atom. The van der Waals surface area contributed by atoms with Crippen molar-refractivity contribution in [3.63, 3.8) is 0 Å². The standard InChI is InChI=1S/C22H32N2O4/c1-17-9-11-19(12-10-17)6-3-4-8-21(26)23-14-5-7-20(13-15-23)24(18(2)25)16-22(27)28/h9-12,20H,3-8,13-16H2,1-2H3,(H,27,28). The molecule has 2 rings (SSSR count). The molecule has 154 valence electrons. The number of carbonyl (C=O) groups is 3. The predicted molar refractivity (Wildman–Crippen MR) is 108 cm³/mol. The highest BCUT2D eigenvalue weighted by Crippen LogP contribution is 2.18. The fraction of sp³-hybridized carbons (Fsp3) is 0.591. The molecule has 6 nitrogen and oxygen atoms in total. The second-order valence-electron chi connectivity index (χ2n) is 7.70. The fourth-order valence-corrected chi connectivity index (χ4v) is 3.80. The molecule has 0 saturated carbocycles. The molecule has 6 heteroatoms. The average Bonchev–Trinajstić information content (AvgIpc) is 2.90. The largest absolute Gasteiger partial charge is 0.480 e. The van der Waals surface area contributed by atoms with Crippen molar-refractivity contribution in [3.8, 4) is 0 Å². The Balaban J connectivity index is 1.76. The van der Waals surface area contributed by atoms with Crippen LogP contribution in [0.2, 0.25) is 0 Å². The highest BCUT2D eigenvalue weighted by atomic mass is 16.4. The Morgan fingerprint density at radius 3 is 2.46 bits per heavy atom. The van der Waals surface area contributed by atoms with Crippen LogP contribution in [0.25, 0.3) is 0 Å². The minimum Gasteiger partial charge on any atom is -0.480 e. The molecule has 1 N–H and O–H groups in total. The van der Waals surface area contributed by atoms with E-state index in [1.165, 1.54) is 23.0 Å². The predicted octanol–water partition coefficient (Wildman–Crippen LogP) is 3.02. The molecule has 1 saturated heterocycles. The number of likely N-dealkylation sites (tertiary alicyclic amines) is 1. The fourth-order valence-electron chi connectivity index (χ4n) is 3.80. The zero-order valence-corrected chi connectivity index (χ0v) is 17.0. The second kappa shape index (κ2) is 10.8. The normalized spacial score (nSPS) is 17.1. The van der Waals surface area contributed by atoms with Crippen molar-refractivity contribution >= 4 is 17.8 Å². The van der Waals surface area contributed by atoms with E-state index in [1.54, 1.807) is 0 Å². The van der Waals surface area contributed by atoms with Crippen molar-refractivity contribution in [2.45, 2.75) is 64.8 Å². The topological polar surface area (TPSA) is 77.9 Å². The maximum atomic E-state index is 12.5. The van der Waals surface area contributed by atoms with Gasteiger partial charge in [-0.15, -0.1) is 0 Å². The number of rotatable bonds is 8. The third kappa shape index (κ3) is 6.98. The minimum absolute atomic E-state index is 0.104. The van der Waals surface area contributed by atoms with Crippen LogP contribution in [0.4, 0.5) is 0 Å². The molecule has 1 aliphatic heterocycles. The summed E-state index contributed by atoms with van der Waals surface area (Å²) in [6, 6.07) is 8.41. The molecule has 0 bridgehead atoms. The zero-order chi connectivity index (χ0) is 20.5. The summed E-state index contributed by atoms with van der Waals surface area (Å²) in [6.45, 7) is 4.49. The van der Waals surface area contributed by atoms with Crippen molar-refractivity contribution in [2.24, 2.45) is 0 Å². The monoisotopic (exact) mass is 388 g/mol. The molecule has 1 aromatic carbocycles. The average molecular weight is 389 g/mol. The molecule has 1 atom stereocenters. The van der Waals surface area contributed by atoms with E-state index in [0.717, 1.165) is 32.1 Å². The van der Waals surface area contributed by atoms with Gasteiger partial charge in [-0.1, -0.05) is 29.8 Å². The SMILES string of the molecule is CC(=O)N(CC(=O)O)C1CCCN(C(=O)CCCCc2ccc(C)cc2)CC1. The summed E-state index contributed by atoms with van der Waals surface area (Å²) < 4.78 is 0. The number of carboxylic acids is 1. The van der Waals surface area contributed by atoms with Crippen LogP contribution in [0.3, 0.4) is 0 Å². The Hall–Kier alpha value is -2.37. The quantitative estimate of drug-likeness (QED) is 0.695. The number of nitrogens with zero attached hydrogens (tertiary/aromatic N) is 2. The molecule has 1 fully saturated rings. The van der Waals surface area contributed by atoms with E-state index in [9.17, 15) is 14.4 Å². The van der Waals surface area contributed by atoms with Crippen molar-refractivity contribution in [1.29, 1.82) is 0 Å². The molecule has 0 aromatic heterocycles. The summed E-state index contributed by atoms with van der Waals surface area (Å²) in [4.78, 5) is 38.7. The van der Waals surface area contributed by atoms with Crippen molar-refractivity contribution in [1.82, 2.24) is 9.80 Å². The van der Waals surface area contributed by atoms with Gasteiger partial charge in [0.1, 0.15) is 6.54 Å². The number of aryl methyl sites for hydroxylation is 2. The first-order valence-electron chi connectivity index (χ1n) is 10.2. The van der Waals surface area contributed by atoms with Gasteiger partial charge in [0, 0.05) is 32.5 Å². The molecule has 0 spiro atoms. The van der Waals surface area contributed by atoms with E-state index in [0.29, 0.717) is 25.9 Å². The number of benzene rings is 1. The van der Waals surface area contributed by atoms with Crippen molar-refractivity contribution in [2.75, 3.05) is 19.6 Å². The molecule has 0 aliphatic carbocycles. The molecule has 1 aromatic rings. The van der Waals surface area contributed by atoms with Gasteiger partial charge < -0.3 is 14.9 Å². The summed E-state index contributed by atoms with van der Waals surface area (Å²) >= 11 is 0. The first kappa shape index (κ1) is 21.9. The highest BCUT2D eigenvalue weighted by molar-refractivity contribution is 5.80. The van der Waals surface area contributed by atoms with Crippen LogP contribution >= 0.6 is 0 Å². The van der Waals surface area contributed by atoms with Crippen molar-refractivity contribution in [3.05, 3.63) is 35.4 Å². The molecule has 0 radical (unpaired) electrons. The lowest BCUT2D eigenvalue weighted by Gasteiger charge is -2.28. The number of carbonyl (C=O) groups excluding carboxylic acids is 2. The summed E-state index contributed by atoms with van der Waals surface area (Å²) in [6.07, 6.45) is 5.56. The van der Waals surface area contributed by atoms with Gasteiger partial charge in [0.05, 0.1) is 0 Å². The molecular formula is C22H32N2O4. The van der Waals surface area contributed by atoms with Crippen LogP contribution in [-0.4, -0.2) is 58.4 Å². The van der Waals surface area contributed by atoms with Crippen LogP contribution < -0.4 is 0 Å². The highest BCUT2D eigenvalue weighted by Gasteiger charge is 2.27. The first-order chi connectivity index (χ1) is 13.4. The van der Waals surface area contributed by atoms with Gasteiger partial charge in [-0.05, 0) is 51.0 Å². The third-order valence-electron chi connectivity index (χ3n) is 5.43. The molecule has 2 amide bonds. The number of hydrogen-bond donors (Lipinski definition) is 1. The maximum absolute atomic E-state index is 12.5. The van der Waals surface area contributed by atoms with Crippen LogP contribution in [-0.2, 0) is 20.8 Å². The lowest BCUT2D eigenvalue weighted by Crippen LogP contribution is -2.43. The first-order valence-corrected chi connectivity index (χ1v) is 10.2. The molecule has 1 heterocycles. The Bertz CT molecular complexity index is 672. The Kier molecular flexibility index (Phi) is 8.48. The minimum atomic E-state index is -0.999. The third-order valence-corrected chi connectivity index (χ3v) is 5.43. The van der Waals surface area contributed by atoms with Crippen LogP contribution in [0.5, 0.6) is 0 Å². The van der Waals surface area contributed by atoms with Gasteiger partial charge in [0.2, 0.25) is 11.8 Å². The van der Waals surface area contributed by atoms with E-state index in [-0.39, 0.29) is 24.4 Å². The van der Waals surface area contributed by atoms with Gasteiger partial charge in [-0.25, -0.2) is 0 Å². The molecule has 1 unspecified atom stereocenters. The summed E-state index contributed by atoms with van der Waals surface area (Å²) in [5.74, 6) is -1.05. The number of hydrogen-bond acceptors (Lipinski definition) is 3. The van der Waals surface area contributed by atoms with E-state index >= 15 is 0 Å². The van der Waals surface area contributed by atoms with Gasteiger partial charge >= 0.3 is 5.97 Å². The van der Waals surface area contributed by atoms with Crippen molar-refractivity contribution < 1.29 is 19.5 Å². The van der Waals surface area contributed by atoms with Crippen LogP contribution in [0.1, 0.15) is 56.6 Å².